The summed E-state index contributed by atoms with van der Waals surface area (Å²) < 4.78 is 68.1. The molecular weight excluding hydrogens is 1310 g/mol. The molecule has 546 valence electrons. The number of amides is 8. The van der Waals surface area contributed by atoms with Crippen molar-refractivity contribution in [3.63, 3.8) is 0 Å². The van der Waals surface area contributed by atoms with Crippen LogP contribution in [0.2, 0.25) is 0 Å². The second-order valence-electron chi connectivity index (χ2n) is 25.0. The first kappa shape index (κ1) is 76.2. The Labute approximate surface area is 587 Å². The van der Waals surface area contributed by atoms with E-state index in [2.05, 4.69) is 16.0 Å². The van der Waals surface area contributed by atoms with Crippen LogP contribution < -0.4 is 40.6 Å². The lowest BCUT2D eigenvalue weighted by Crippen LogP contribution is -2.54. The topological polar surface area (TPSA) is 344 Å². The molecule has 1 unspecified atom stereocenters. The van der Waals surface area contributed by atoms with Gasteiger partial charge in [-0.1, -0.05) is 26.0 Å². The normalized spacial score (nSPS) is 17.5. The molecule has 5 heterocycles. The van der Waals surface area contributed by atoms with E-state index in [1.54, 1.807) is 65.5 Å². The van der Waals surface area contributed by atoms with Crippen LogP contribution in [0.5, 0.6) is 23.0 Å². The average molecular weight is 1400 g/mol. The van der Waals surface area contributed by atoms with E-state index < -0.39 is 53.4 Å². The molecule has 3 aromatic carbocycles. The summed E-state index contributed by atoms with van der Waals surface area (Å²) >= 11 is 0. The number of methoxy groups -OCH3 is 2. The van der Waals surface area contributed by atoms with Gasteiger partial charge in [0, 0.05) is 87.0 Å². The number of nitrogens with zero attached hydrogens (tertiary/aromatic N) is 5. The van der Waals surface area contributed by atoms with Crippen molar-refractivity contribution < 1.29 is 95.2 Å². The summed E-state index contributed by atoms with van der Waals surface area (Å²) in [4.78, 5) is 118. The van der Waals surface area contributed by atoms with E-state index >= 15 is 0 Å². The Bertz CT molecular complexity index is 3520. The molecule has 9 rings (SSSR count). The molecule has 101 heavy (non-hydrogen) atoms. The molecule has 6 aliphatic rings. The molecule has 0 aromatic heterocycles. The maximum absolute atomic E-state index is 14.2. The first-order chi connectivity index (χ1) is 49.0. The lowest BCUT2D eigenvalue weighted by molar-refractivity contribution is -0.137. The van der Waals surface area contributed by atoms with Gasteiger partial charge in [-0.2, -0.15) is 0 Å². The number of rotatable bonds is 46. The maximum atomic E-state index is 14.2. The van der Waals surface area contributed by atoms with Crippen LogP contribution in [0, 0.1) is 17.8 Å². The molecular formula is C72H93N9O20. The Kier molecular flexibility index (Phi) is 29.3. The van der Waals surface area contributed by atoms with Crippen molar-refractivity contribution in [1.82, 2.24) is 25.3 Å². The number of aliphatic imine (C=N–C) groups is 2. The third kappa shape index (κ3) is 22.3. The van der Waals surface area contributed by atoms with Crippen molar-refractivity contribution >= 4 is 82.3 Å². The number of hydrogen-bond donors (Lipinski definition) is 4. The van der Waals surface area contributed by atoms with Crippen LogP contribution in [-0.4, -0.2) is 238 Å². The summed E-state index contributed by atoms with van der Waals surface area (Å²) in [5.74, 6) is -2.44. The highest BCUT2D eigenvalue weighted by Gasteiger charge is 2.39. The van der Waals surface area contributed by atoms with Crippen LogP contribution in [-0.2, 0) is 66.7 Å². The highest BCUT2D eigenvalue weighted by Crippen LogP contribution is 2.45. The Morgan fingerprint density at radius 2 is 1.05 bits per heavy atom. The van der Waals surface area contributed by atoms with Gasteiger partial charge >= 0.3 is 0 Å². The monoisotopic (exact) mass is 1400 g/mol. The predicted molar refractivity (Wildman–Crippen MR) is 370 cm³/mol. The molecule has 8 amide bonds. The van der Waals surface area contributed by atoms with Gasteiger partial charge in [-0.15, -0.1) is 0 Å². The molecule has 29 heteroatoms. The Balaban J connectivity index is 0.685. The predicted octanol–water partition coefficient (Wildman–Crippen LogP) is 5.27. The number of ether oxygens (including phenoxy) is 12. The summed E-state index contributed by atoms with van der Waals surface area (Å²) in [5, 5.41) is 8.56. The number of nitrogens with two attached hydrogens (primary N) is 1. The third-order valence-electron chi connectivity index (χ3n) is 17.3. The molecule has 1 saturated carbocycles. The number of primary amides is 1. The van der Waals surface area contributed by atoms with E-state index in [1.165, 1.54) is 32.6 Å². The van der Waals surface area contributed by atoms with Crippen LogP contribution in [0.25, 0.3) is 5.57 Å². The zero-order valence-electron chi connectivity index (χ0n) is 58.0. The summed E-state index contributed by atoms with van der Waals surface area (Å²) in [6, 6.07) is 11.5. The highest BCUT2D eigenvalue weighted by atomic mass is 16.6. The van der Waals surface area contributed by atoms with E-state index in [4.69, 9.17) is 72.6 Å². The van der Waals surface area contributed by atoms with Gasteiger partial charge in [0.05, 0.1) is 180 Å². The van der Waals surface area contributed by atoms with Crippen molar-refractivity contribution in [3.8, 4) is 23.0 Å². The fourth-order valence-corrected chi connectivity index (χ4v) is 11.8. The smallest absolute Gasteiger partial charge is 0.260 e. The van der Waals surface area contributed by atoms with E-state index in [1.807, 2.05) is 38.4 Å². The number of benzene rings is 3. The zero-order valence-corrected chi connectivity index (χ0v) is 58.0. The fourth-order valence-electron chi connectivity index (χ4n) is 11.8. The van der Waals surface area contributed by atoms with E-state index in [-0.39, 0.29) is 95.5 Å². The second kappa shape index (κ2) is 38.7. The van der Waals surface area contributed by atoms with Gasteiger partial charge in [-0.3, -0.25) is 53.2 Å². The number of anilines is 1. The summed E-state index contributed by atoms with van der Waals surface area (Å²) in [6.07, 6.45) is 13.7. The minimum atomic E-state index is -1.03. The van der Waals surface area contributed by atoms with Crippen LogP contribution in [0.1, 0.15) is 92.0 Å². The van der Waals surface area contributed by atoms with Gasteiger partial charge in [0.15, 0.2) is 23.0 Å². The third-order valence-corrected chi connectivity index (χ3v) is 17.3. The molecule has 1 aliphatic carbocycles. The minimum Gasteiger partial charge on any atom is -0.493 e. The van der Waals surface area contributed by atoms with Crippen LogP contribution >= 0.6 is 0 Å². The molecule has 5 N–H and O–H groups in total. The molecule has 0 bridgehead atoms. The number of hydrogen-bond acceptors (Lipinski definition) is 22. The minimum absolute atomic E-state index is 0.106. The SMILES string of the molecule is COc1cc2c(cc1OCCCOc1cc3c(cc1OC)C(=O)N1C=C(C4CC4)C[C@H]1C=N3)N=C[C@@H]1CC(c3ccc(NC(=O)[C@H](C)NC(=O)[C@H](C(C)C)C(COCCOCCOCCOCCOCCOCCOCCOCCC(N)=O)NC(=O)CCN4C(=O)C=CC4=O)cc3)=CN1C2=O. The number of nitrogens with one attached hydrogen (secondary N) is 3. The largest absolute Gasteiger partial charge is 0.493 e. The van der Waals surface area contributed by atoms with Gasteiger partial charge in [0.1, 0.15) is 6.04 Å². The first-order valence-corrected chi connectivity index (χ1v) is 34.3. The average Bonchev–Trinajstić information content (AvgIpc) is 1.65. The Morgan fingerprint density at radius 3 is 1.53 bits per heavy atom. The molecule has 0 saturated heterocycles. The molecule has 1 fully saturated rings. The lowest BCUT2D eigenvalue weighted by Gasteiger charge is -2.31. The molecule has 5 atom stereocenters. The van der Waals surface area contributed by atoms with Crippen LogP contribution in [0.4, 0.5) is 17.1 Å². The highest BCUT2D eigenvalue weighted by molar-refractivity contribution is 6.13. The van der Waals surface area contributed by atoms with Gasteiger partial charge in [-0.05, 0) is 79.0 Å². The van der Waals surface area contributed by atoms with Crippen LogP contribution in [0.3, 0.4) is 0 Å². The molecule has 0 radical (unpaired) electrons. The zero-order chi connectivity index (χ0) is 71.6. The van der Waals surface area contributed by atoms with Crippen molar-refractivity contribution in [3.05, 3.63) is 95.3 Å². The summed E-state index contributed by atoms with van der Waals surface area (Å²) in [5.41, 5.74) is 10.2. The second-order valence-corrected chi connectivity index (χ2v) is 25.0. The Morgan fingerprint density at radius 1 is 0.564 bits per heavy atom. The standard InChI is InChI=1S/C72H93N9O20/c1-46(2)68(59(78-65(83)15-17-79-66(84)13-14-67(79)85)45-99-34-33-98-32-31-97-30-29-96-28-27-95-26-25-94-24-23-93-22-21-92-20-16-64(73)82)70(87)76-47(3)69(86)77-52-11-9-49(10-12-52)51-36-54-42-75-58-40-63(61(91-5)38-56(58)72(89)81(54)44-51)101-19-6-18-100-62-39-57-55(37-60(62)90-4)71(88)80-43-50(48-7-8-48)35-53(80)41-74-57/h9-14,37-44,46-48,53-54,59,68H,6-8,15-36,45H2,1-5H3,(H2,73,82)(H,76,87)(H,77,86)(H,78,83)/t47-,53-,54-,59?,68+/m0/s1. The Hall–Kier alpha value is -8.94. The summed E-state index contributed by atoms with van der Waals surface area (Å²) in [7, 11) is 3.03. The van der Waals surface area contributed by atoms with Gasteiger partial charge in [0.2, 0.25) is 23.6 Å². The van der Waals surface area contributed by atoms with Crippen molar-refractivity contribution in [1.29, 1.82) is 0 Å². The van der Waals surface area contributed by atoms with Crippen molar-refractivity contribution in [2.45, 2.75) is 89.9 Å². The molecule has 0 spiro atoms. The quantitative estimate of drug-likeness (QED) is 0.0413. The first-order valence-electron chi connectivity index (χ1n) is 34.3. The molecule has 5 aliphatic heterocycles. The van der Waals surface area contributed by atoms with Gasteiger partial charge < -0.3 is 88.3 Å². The number of imide groups is 1. The van der Waals surface area contributed by atoms with E-state index in [0.29, 0.717) is 143 Å². The fraction of sp³-hybridized carbons (Fsp3) is 0.528. The van der Waals surface area contributed by atoms with E-state index in [0.717, 1.165) is 34.6 Å². The van der Waals surface area contributed by atoms with E-state index in [9.17, 15) is 38.4 Å². The van der Waals surface area contributed by atoms with Gasteiger partial charge in [-0.25, -0.2) is 0 Å². The number of carbonyl (C=O) groups is 8. The summed E-state index contributed by atoms with van der Waals surface area (Å²) in [6.45, 7) is 10.4. The van der Waals surface area contributed by atoms with Crippen molar-refractivity contribution in [2.75, 3.05) is 145 Å². The molecule has 29 nitrogen and oxygen atoms in total. The van der Waals surface area contributed by atoms with Crippen molar-refractivity contribution in [2.24, 2.45) is 33.5 Å². The lowest BCUT2D eigenvalue weighted by atomic mass is 9.87. The van der Waals surface area contributed by atoms with Crippen LogP contribution in [0.15, 0.2) is 88.6 Å². The number of fused-ring (bicyclic) bond motifs is 4. The molecule has 3 aromatic rings. The van der Waals surface area contributed by atoms with Gasteiger partial charge in [0.25, 0.3) is 23.6 Å². The number of carbonyl (C=O) groups excluding carboxylic acids is 8. The maximum Gasteiger partial charge on any atom is 0.260 e.